The Morgan fingerprint density at radius 3 is 1.61 bits per heavy atom. The molecular weight excluding hydrogens is 689 g/mol. The van der Waals surface area contributed by atoms with Crippen LogP contribution in [0.3, 0.4) is 0 Å². The monoisotopic (exact) mass is 714 g/mol. The highest BCUT2D eigenvalue weighted by molar-refractivity contribution is 7.28. The summed E-state index contributed by atoms with van der Waals surface area (Å²) >= 11 is 10.2. The Hall–Kier alpha value is -3.64. The van der Waals surface area contributed by atoms with E-state index in [0.29, 0.717) is 0 Å². The first kappa shape index (κ1) is 31.0. The molecule has 6 heterocycles. The van der Waals surface area contributed by atoms with Gasteiger partial charge in [0.1, 0.15) is 0 Å². The molecule has 6 aromatic heterocycles. The van der Waals surface area contributed by atoms with Crippen molar-refractivity contribution in [2.45, 2.75) is 26.7 Å². The predicted molar refractivity (Wildman–Crippen MR) is 198 cm³/mol. The summed E-state index contributed by atoms with van der Waals surface area (Å²) in [5.74, 6) is -1.65. The molecule has 0 radical (unpaired) electrons. The van der Waals surface area contributed by atoms with Gasteiger partial charge in [-0.15, -0.1) is 68.0 Å². The Bertz CT molecular complexity index is 2200. The highest BCUT2D eigenvalue weighted by Crippen LogP contribution is 2.47. The van der Waals surface area contributed by atoms with Gasteiger partial charge in [0.15, 0.2) is 0 Å². The maximum absolute atomic E-state index is 11.8. The summed E-state index contributed by atoms with van der Waals surface area (Å²) in [6, 6.07) is 25.3. The smallest absolute Gasteiger partial charge is 0.307 e. The van der Waals surface area contributed by atoms with Crippen LogP contribution in [0.2, 0.25) is 0 Å². The normalized spacial score (nSPS) is 11.3. The fraction of sp³-hybridized carbons (Fsp3) is 0.111. The van der Waals surface area contributed by atoms with Gasteiger partial charge in [-0.25, -0.2) is 0 Å². The number of rotatable bonds is 10. The van der Waals surface area contributed by atoms with Gasteiger partial charge >= 0.3 is 11.9 Å². The molecule has 230 valence electrons. The third-order valence-corrected chi connectivity index (χ3v) is 15.0. The van der Waals surface area contributed by atoms with Crippen molar-refractivity contribution in [3.05, 3.63) is 106 Å². The summed E-state index contributed by atoms with van der Waals surface area (Å²) in [5.41, 5.74) is 6.38. The van der Waals surface area contributed by atoms with E-state index >= 15 is 0 Å². The van der Waals surface area contributed by atoms with Crippen LogP contribution in [0.4, 0.5) is 0 Å². The SMILES string of the molecule is Cc1ccsc1-c1ccc(-c2sc(-c3ccc(-c4cc(C)c(-c5ccc(-c6sccc6CC(=O)O)s5)s4)cc3)cc2CC(=O)O)s1. The average molecular weight is 715 g/mol. The van der Waals surface area contributed by atoms with Gasteiger partial charge in [0.2, 0.25) is 0 Å². The Morgan fingerprint density at radius 2 is 1.00 bits per heavy atom. The van der Waals surface area contributed by atoms with Gasteiger partial charge in [-0.3, -0.25) is 9.59 Å². The minimum Gasteiger partial charge on any atom is -0.481 e. The number of hydrogen-bond donors (Lipinski definition) is 2. The van der Waals surface area contributed by atoms with Crippen molar-refractivity contribution in [2.75, 3.05) is 0 Å². The van der Waals surface area contributed by atoms with Gasteiger partial charge < -0.3 is 10.2 Å². The molecule has 7 aromatic rings. The first-order chi connectivity index (χ1) is 22.2. The zero-order valence-corrected chi connectivity index (χ0v) is 29.6. The Balaban J connectivity index is 1.15. The fourth-order valence-corrected chi connectivity index (χ4v) is 12.3. The zero-order valence-electron chi connectivity index (χ0n) is 24.7. The van der Waals surface area contributed by atoms with E-state index in [1.807, 2.05) is 17.5 Å². The maximum Gasteiger partial charge on any atom is 0.307 e. The molecule has 0 unspecified atom stereocenters. The largest absolute Gasteiger partial charge is 0.481 e. The molecule has 0 aliphatic heterocycles. The fourth-order valence-electron chi connectivity index (χ4n) is 5.38. The summed E-state index contributed by atoms with van der Waals surface area (Å²) in [7, 11) is 0. The van der Waals surface area contributed by atoms with Gasteiger partial charge in [-0.1, -0.05) is 24.3 Å². The van der Waals surface area contributed by atoms with Crippen molar-refractivity contribution < 1.29 is 19.8 Å². The second kappa shape index (κ2) is 12.9. The van der Waals surface area contributed by atoms with Crippen LogP contribution < -0.4 is 0 Å². The summed E-state index contributed by atoms with van der Waals surface area (Å²) in [6.07, 6.45) is 0.0202. The standard InChI is InChI=1S/C36H26O4S6/c1-19-11-13-41-33(19)25-7-10-28(43-25)36-24(18-32(39)40)16-30(46-36)22-5-3-21(4-6-22)29-15-20(2)34(45-29)26-8-9-27(44-26)35-23(12-14-42-35)17-31(37)38/h3-16H,17-18H2,1-2H3,(H,37,38)(H,39,40). The summed E-state index contributed by atoms with van der Waals surface area (Å²) in [4.78, 5) is 34.5. The van der Waals surface area contributed by atoms with E-state index in [-0.39, 0.29) is 12.8 Å². The molecule has 0 saturated heterocycles. The minimum absolute atomic E-state index is 0.00970. The molecule has 0 aliphatic rings. The number of aliphatic carboxylic acids is 2. The molecule has 10 heteroatoms. The summed E-state index contributed by atoms with van der Waals surface area (Å²) in [6.45, 7) is 4.26. The molecule has 0 aliphatic carbocycles. The van der Waals surface area contributed by atoms with Crippen LogP contribution in [0.15, 0.2) is 83.6 Å². The number of benzene rings is 1. The maximum atomic E-state index is 11.8. The van der Waals surface area contributed by atoms with Crippen molar-refractivity contribution >= 4 is 80.0 Å². The van der Waals surface area contributed by atoms with Crippen molar-refractivity contribution in [1.29, 1.82) is 0 Å². The molecule has 0 bridgehead atoms. The van der Waals surface area contributed by atoms with Crippen LogP contribution in [0.5, 0.6) is 0 Å². The van der Waals surface area contributed by atoms with Crippen LogP contribution in [-0.4, -0.2) is 22.2 Å². The van der Waals surface area contributed by atoms with E-state index in [1.54, 1.807) is 68.0 Å². The average Bonchev–Trinajstić information content (AvgIpc) is 3.85. The number of carbonyl (C=O) groups is 2. The molecule has 7 rings (SSSR count). The molecule has 46 heavy (non-hydrogen) atoms. The molecule has 0 spiro atoms. The highest BCUT2D eigenvalue weighted by Gasteiger charge is 2.19. The number of aryl methyl sites for hydroxylation is 2. The summed E-state index contributed by atoms with van der Waals surface area (Å²) in [5, 5.41) is 23.0. The van der Waals surface area contributed by atoms with E-state index in [2.05, 4.69) is 79.9 Å². The van der Waals surface area contributed by atoms with Crippen LogP contribution in [0.25, 0.3) is 59.9 Å². The highest BCUT2D eigenvalue weighted by atomic mass is 32.1. The summed E-state index contributed by atoms with van der Waals surface area (Å²) < 4.78 is 0. The lowest BCUT2D eigenvalue weighted by atomic mass is 10.1. The van der Waals surface area contributed by atoms with Crippen molar-refractivity contribution in [2.24, 2.45) is 0 Å². The van der Waals surface area contributed by atoms with Crippen molar-refractivity contribution in [3.8, 4) is 59.9 Å². The first-order valence-electron chi connectivity index (χ1n) is 14.3. The van der Waals surface area contributed by atoms with Gasteiger partial charge in [-0.05, 0) is 107 Å². The number of hydrogen-bond acceptors (Lipinski definition) is 8. The van der Waals surface area contributed by atoms with Crippen LogP contribution in [0, 0.1) is 13.8 Å². The lowest BCUT2D eigenvalue weighted by molar-refractivity contribution is -0.137. The Morgan fingerprint density at radius 1 is 0.500 bits per heavy atom. The minimum atomic E-state index is -0.829. The number of carboxylic acids is 2. The van der Waals surface area contributed by atoms with Gasteiger partial charge in [0, 0.05) is 48.8 Å². The van der Waals surface area contributed by atoms with E-state index in [1.165, 1.54) is 35.5 Å². The second-order valence-electron chi connectivity index (χ2n) is 10.8. The van der Waals surface area contributed by atoms with E-state index in [9.17, 15) is 19.8 Å². The van der Waals surface area contributed by atoms with Gasteiger partial charge in [0.05, 0.1) is 12.8 Å². The molecule has 0 amide bonds. The second-order valence-corrected chi connectivity index (χ2v) is 16.9. The van der Waals surface area contributed by atoms with E-state index in [4.69, 9.17) is 0 Å². The number of thiophene rings is 6. The van der Waals surface area contributed by atoms with Crippen molar-refractivity contribution in [3.63, 3.8) is 0 Å². The molecule has 0 saturated carbocycles. The molecule has 4 nitrogen and oxygen atoms in total. The Labute approximate surface area is 290 Å². The Kier molecular flexibility index (Phi) is 8.67. The quantitative estimate of drug-likeness (QED) is 0.148. The van der Waals surface area contributed by atoms with Gasteiger partial charge in [0.25, 0.3) is 0 Å². The third kappa shape index (κ3) is 6.21. The van der Waals surface area contributed by atoms with E-state index < -0.39 is 11.9 Å². The molecule has 0 atom stereocenters. The van der Waals surface area contributed by atoms with Gasteiger partial charge in [-0.2, -0.15) is 0 Å². The lowest BCUT2D eigenvalue weighted by Gasteiger charge is -2.01. The number of carboxylic acid groups (broad SMARTS) is 2. The molecule has 0 fully saturated rings. The van der Waals surface area contributed by atoms with E-state index in [0.717, 1.165) is 46.6 Å². The third-order valence-electron chi connectivity index (χ3n) is 7.58. The van der Waals surface area contributed by atoms with Crippen LogP contribution in [-0.2, 0) is 22.4 Å². The zero-order chi connectivity index (χ0) is 31.9. The molecule has 1 aromatic carbocycles. The van der Waals surface area contributed by atoms with Crippen LogP contribution in [0.1, 0.15) is 22.3 Å². The predicted octanol–water partition coefficient (Wildman–Crippen LogP) is 11.9. The molecular formula is C36H26O4S6. The van der Waals surface area contributed by atoms with Crippen LogP contribution >= 0.6 is 68.0 Å². The van der Waals surface area contributed by atoms with Crippen molar-refractivity contribution in [1.82, 2.24) is 0 Å². The molecule has 2 N–H and O–H groups in total. The first-order valence-corrected chi connectivity index (χ1v) is 19.3. The topological polar surface area (TPSA) is 74.6 Å². The lowest BCUT2D eigenvalue weighted by Crippen LogP contribution is -1.99.